The van der Waals surface area contributed by atoms with Gasteiger partial charge in [0.15, 0.2) is 0 Å². The van der Waals surface area contributed by atoms with Crippen molar-refractivity contribution in [2.45, 2.75) is 25.8 Å². The Bertz CT molecular complexity index is 92.7. The quantitative estimate of drug-likeness (QED) is 0.450. The summed E-state index contributed by atoms with van der Waals surface area (Å²) in [7, 11) is 0. The Morgan fingerprint density at radius 2 is 2.22 bits per heavy atom. The zero-order valence-electron chi connectivity index (χ0n) is 6.01. The fraction of sp³-hybridized carbons (Fsp3) is 0.500. The highest BCUT2D eigenvalue weighted by Gasteiger charge is 1.80. The maximum Gasteiger partial charge on any atom is 0.0194 e. The van der Waals surface area contributed by atoms with Crippen molar-refractivity contribution < 1.29 is 0 Å². The third-order valence-electron chi connectivity index (χ3n) is 0.977. The highest BCUT2D eigenvalue weighted by atomic mass is 14.6. The van der Waals surface area contributed by atoms with Crippen molar-refractivity contribution in [3.05, 3.63) is 24.8 Å². The lowest BCUT2D eigenvalue weighted by molar-refractivity contribution is 0.911. The van der Waals surface area contributed by atoms with Crippen molar-refractivity contribution in [2.75, 3.05) is 0 Å². The van der Waals surface area contributed by atoms with Gasteiger partial charge in [0.25, 0.3) is 0 Å². The van der Waals surface area contributed by atoms with E-state index in [9.17, 15) is 0 Å². The summed E-state index contributed by atoms with van der Waals surface area (Å²) in [6.07, 6.45) is 8.11. The van der Waals surface area contributed by atoms with Gasteiger partial charge >= 0.3 is 0 Å². The minimum Gasteiger partial charge on any atom is -0.325 e. The molecule has 0 heterocycles. The van der Waals surface area contributed by atoms with Gasteiger partial charge in [-0.1, -0.05) is 18.2 Å². The third kappa shape index (κ3) is 7.44. The molecule has 0 aromatic heterocycles. The Morgan fingerprint density at radius 3 is 2.67 bits per heavy atom. The zero-order valence-corrected chi connectivity index (χ0v) is 6.01. The van der Waals surface area contributed by atoms with Gasteiger partial charge in [0.2, 0.25) is 0 Å². The van der Waals surface area contributed by atoms with Crippen molar-refractivity contribution in [3.63, 3.8) is 0 Å². The van der Waals surface area contributed by atoms with Crippen LogP contribution in [0.4, 0.5) is 0 Å². The van der Waals surface area contributed by atoms with Gasteiger partial charge in [-0.15, -0.1) is 6.58 Å². The minimum atomic E-state index is 0.190. The van der Waals surface area contributed by atoms with Gasteiger partial charge in [-0.2, -0.15) is 0 Å². The molecule has 0 aliphatic carbocycles. The first kappa shape index (κ1) is 8.44. The lowest BCUT2D eigenvalue weighted by Crippen LogP contribution is -2.09. The fourth-order valence-corrected chi connectivity index (χ4v) is 0.525. The van der Waals surface area contributed by atoms with E-state index in [-0.39, 0.29) is 6.04 Å². The molecular weight excluding hydrogens is 110 g/mol. The summed E-state index contributed by atoms with van der Waals surface area (Å²) >= 11 is 0. The van der Waals surface area contributed by atoms with E-state index in [1.54, 1.807) is 0 Å². The van der Waals surface area contributed by atoms with Gasteiger partial charge in [0, 0.05) is 6.04 Å². The van der Waals surface area contributed by atoms with Crippen LogP contribution in [0.1, 0.15) is 19.8 Å². The van der Waals surface area contributed by atoms with E-state index < -0.39 is 0 Å². The second-order valence-corrected chi connectivity index (χ2v) is 2.15. The molecule has 0 spiro atoms. The monoisotopic (exact) mass is 125 g/mol. The van der Waals surface area contributed by atoms with Crippen LogP contribution < -0.4 is 5.73 Å². The maximum atomic E-state index is 5.46. The molecule has 0 saturated heterocycles. The Hall–Kier alpha value is -0.560. The van der Waals surface area contributed by atoms with Crippen LogP contribution in [0.2, 0.25) is 0 Å². The molecular formula is C8H15N. The van der Waals surface area contributed by atoms with Crippen LogP contribution in [0.5, 0.6) is 0 Å². The molecule has 0 saturated carbocycles. The number of rotatable bonds is 4. The molecule has 0 aromatic carbocycles. The molecule has 0 aliphatic heterocycles. The highest BCUT2D eigenvalue weighted by molar-refractivity contribution is 4.89. The average molecular weight is 125 g/mol. The van der Waals surface area contributed by atoms with Gasteiger partial charge in [-0.25, -0.2) is 0 Å². The Kier molecular flexibility index (Phi) is 5.23. The first-order valence-electron chi connectivity index (χ1n) is 3.30. The highest BCUT2D eigenvalue weighted by Crippen LogP contribution is 1.91. The van der Waals surface area contributed by atoms with Crippen molar-refractivity contribution in [1.29, 1.82) is 0 Å². The van der Waals surface area contributed by atoms with Gasteiger partial charge in [0.1, 0.15) is 0 Å². The smallest absolute Gasteiger partial charge is 0.0194 e. The largest absolute Gasteiger partial charge is 0.325 e. The van der Waals surface area contributed by atoms with Gasteiger partial charge in [0.05, 0.1) is 0 Å². The molecule has 1 heteroatoms. The van der Waals surface area contributed by atoms with Crippen LogP contribution in [-0.4, -0.2) is 6.04 Å². The van der Waals surface area contributed by atoms with E-state index in [0.29, 0.717) is 0 Å². The van der Waals surface area contributed by atoms with Crippen LogP contribution >= 0.6 is 0 Å². The minimum absolute atomic E-state index is 0.190. The summed E-state index contributed by atoms with van der Waals surface area (Å²) in [4.78, 5) is 0. The van der Waals surface area contributed by atoms with E-state index in [1.165, 1.54) is 0 Å². The number of allylic oxidation sites excluding steroid dienone is 2. The third-order valence-corrected chi connectivity index (χ3v) is 0.977. The molecule has 1 unspecified atom stereocenters. The van der Waals surface area contributed by atoms with Gasteiger partial charge < -0.3 is 5.73 Å². The molecule has 2 N–H and O–H groups in total. The summed E-state index contributed by atoms with van der Waals surface area (Å²) in [5.41, 5.74) is 5.46. The van der Waals surface area contributed by atoms with Crippen LogP contribution in [0.15, 0.2) is 24.8 Å². The summed E-state index contributed by atoms with van der Waals surface area (Å²) in [6.45, 7) is 5.57. The molecule has 0 amide bonds. The molecule has 0 aliphatic rings. The van der Waals surface area contributed by atoms with Gasteiger partial charge in [-0.05, 0) is 19.8 Å². The Labute approximate surface area is 57.3 Å². The molecule has 1 nitrogen and oxygen atoms in total. The van der Waals surface area contributed by atoms with E-state index >= 15 is 0 Å². The van der Waals surface area contributed by atoms with Crippen molar-refractivity contribution in [1.82, 2.24) is 0 Å². The predicted molar refractivity (Wildman–Crippen MR) is 42.2 cm³/mol. The summed E-state index contributed by atoms with van der Waals surface area (Å²) in [5, 5.41) is 0. The Balaban J connectivity index is 3.14. The number of nitrogens with two attached hydrogens (primary N) is 1. The first-order valence-corrected chi connectivity index (χ1v) is 3.30. The van der Waals surface area contributed by atoms with Crippen molar-refractivity contribution in [2.24, 2.45) is 5.73 Å². The predicted octanol–water partition coefficient (Wildman–Crippen LogP) is 1.86. The van der Waals surface area contributed by atoms with E-state index in [2.05, 4.69) is 12.7 Å². The van der Waals surface area contributed by atoms with E-state index in [0.717, 1.165) is 12.8 Å². The summed E-state index contributed by atoms with van der Waals surface area (Å²) in [5.74, 6) is 0. The number of unbranched alkanes of at least 4 members (excludes halogenated alkanes) is 1. The molecule has 52 valence electrons. The van der Waals surface area contributed by atoms with Crippen molar-refractivity contribution in [3.8, 4) is 0 Å². The second kappa shape index (κ2) is 5.57. The molecule has 0 fully saturated rings. The molecule has 0 rings (SSSR count). The molecule has 0 radical (unpaired) electrons. The normalized spacial score (nSPS) is 14.0. The topological polar surface area (TPSA) is 26.0 Å². The number of hydrogen-bond acceptors (Lipinski definition) is 1. The molecule has 0 bridgehead atoms. The lowest BCUT2D eigenvalue weighted by atomic mass is 10.2. The Morgan fingerprint density at radius 1 is 1.56 bits per heavy atom. The standard InChI is InChI=1S/C8H15N/c1-3-4-5-6-7-8(2)9/h3,6-8H,1,4-5,9H2,2H3/b7-6+. The molecule has 0 aromatic rings. The fourth-order valence-electron chi connectivity index (χ4n) is 0.525. The van der Waals surface area contributed by atoms with Crippen LogP contribution in [0.3, 0.4) is 0 Å². The second-order valence-electron chi connectivity index (χ2n) is 2.15. The van der Waals surface area contributed by atoms with E-state index in [1.807, 2.05) is 19.1 Å². The van der Waals surface area contributed by atoms with Gasteiger partial charge in [-0.3, -0.25) is 0 Å². The van der Waals surface area contributed by atoms with Crippen LogP contribution in [-0.2, 0) is 0 Å². The molecule has 1 atom stereocenters. The zero-order chi connectivity index (χ0) is 7.11. The SMILES string of the molecule is C=CCC/C=C/C(C)N. The van der Waals surface area contributed by atoms with Crippen LogP contribution in [0.25, 0.3) is 0 Å². The maximum absolute atomic E-state index is 5.46. The average Bonchev–Trinajstić information content (AvgIpc) is 1.80. The summed E-state index contributed by atoms with van der Waals surface area (Å²) in [6, 6.07) is 0.190. The van der Waals surface area contributed by atoms with Crippen molar-refractivity contribution >= 4 is 0 Å². The first-order chi connectivity index (χ1) is 4.27. The summed E-state index contributed by atoms with van der Waals surface area (Å²) < 4.78 is 0. The number of hydrogen-bond donors (Lipinski definition) is 1. The van der Waals surface area contributed by atoms with Crippen LogP contribution in [0, 0.1) is 0 Å². The molecule has 9 heavy (non-hydrogen) atoms. The lowest BCUT2D eigenvalue weighted by Gasteiger charge is -1.92. The van der Waals surface area contributed by atoms with E-state index in [4.69, 9.17) is 5.73 Å².